The summed E-state index contributed by atoms with van der Waals surface area (Å²) in [5.41, 5.74) is -1.55. The van der Waals surface area contributed by atoms with Gasteiger partial charge in [-0.25, -0.2) is 0 Å². The van der Waals surface area contributed by atoms with Crippen LogP contribution in [0.25, 0.3) is 0 Å². The molecule has 1 fully saturated rings. The van der Waals surface area contributed by atoms with Gasteiger partial charge >= 0.3 is 6.18 Å². The molecule has 1 heterocycles. The number of nitriles is 1. The maximum absolute atomic E-state index is 12.8. The van der Waals surface area contributed by atoms with Gasteiger partial charge in [0.2, 0.25) is 5.91 Å². The molecule has 1 aliphatic heterocycles. The highest BCUT2D eigenvalue weighted by Gasteiger charge is 2.37. The van der Waals surface area contributed by atoms with E-state index in [1.165, 1.54) is 19.2 Å². The van der Waals surface area contributed by atoms with E-state index in [-0.39, 0.29) is 12.1 Å². The summed E-state index contributed by atoms with van der Waals surface area (Å²) < 4.78 is 38.5. The highest BCUT2D eigenvalue weighted by atomic mass is 19.4. The first-order chi connectivity index (χ1) is 9.74. The number of hydrogen-bond acceptors (Lipinski definition) is 4. The third-order valence-electron chi connectivity index (χ3n) is 3.17. The molecule has 0 aliphatic carbocycles. The van der Waals surface area contributed by atoms with Gasteiger partial charge in [0.25, 0.3) is 5.91 Å². The number of alkyl halides is 3. The van der Waals surface area contributed by atoms with Crippen LogP contribution in [0.5, 0.6) is 0 Å². The summed E-state index contributed by atoms with van der Waals surface area (Å²) in [7, 11) is 1.31. The van der Waals surface area contributed by atoms with Crippen molar-refractivity contribution in [3.8, 4) is 6.07 Å². The molecule has 1 aromatic carbocycles. The largest absolute Gasteiger partial charge is 0.417 e. The van der Waals surface area contributed by atoms with Crippen molar-refractivity contribution in [2.24, 2.45) is 0 Å². The van der Waals surface area contributed by atoms with Crippen LogP contribution in [-0.4, -0.2) is 29.8 Å². The number of halogens is 3. The SMILES string of the molecule is CN1C(=O)CC(Nc2ccc(C#N)c(C(F)(F)F)c2)C1=O. The molecule has 0 aromatic heterocycles. The summed E-state index contributed by atoms with van der Waals surface area (Å²) in [4.78, 5) is 24.0. The van der Waals surface area contributed by atoms with Crippen molar-refractivity contribution >= 4 is 17.5 Å². The van der Waals surface area contributed by atoms with Gasteiger partial charge < -0.3 is 5.32 Å². The number of anilines is 1. The first-order valence-electron chi connectivity index (χ1n) is 5.92. The zero-order valence-corrected chi connectivity index (χ0v) is 10.9. The lowest BCUT2D eigenvalue weighted by molar-refractivity contribution is -0.138. The van der Waals surface area contributed by atoms with E-state index in [0.717, 1.165) is 17.0 Å². The van der Waals surface area contributed by atoms with Crippen molar-refractivity contribution in [2.45, 2.75) is 18.6 Å². The van der Waals surface area contributed by atoms with E-state index in [9.17, 15) is 22.8 Å². The minimum Gasteiger partial charge on any atom is -0.373 e. The van der Waals surface area contributed by atoms with Crippen LogP contribution in [0.3, 0.4) is 0 Å². The number of benzene rings is 1. The van der Waals surface area contributed by atoms with Gasteiger partial charge in [0.1, 0.15) is 6.04 Å². The second-order valence-corrected chi connectivity index (χ2v) is 4.56. The predicted molar refractivity (Wildman–Crippen MR) is 66.0 cm³/mol. The first kappa shape index (κ1) is 14.8. The molecular formula is C13H10F3N3O2. The van der Waals surface area contributed by atoms with Crippen LogP contribution in [0.2, 0.25) is 0 Å². The van der Waals surface area contributed by atoms with Crippen LogP contribution in [0, 0.1) is 11.3 Å². The van der Waals surface area contributed by atoms with Crippen LogP contribution in [-0.2, 0) is 15.8 Å². The molecule has 1 unspecified atom stereocenters. The van der Waals surface area contributed by atoms with Crippen LogP contribution in [0.15, 0.2) is 18.2 Å². The topological polar surface area (TPSA) is 73.2 Å². The van der Waals surface area contributed by atoms with Crippen molar-refractivity contribution in [1.29, 1.82) is 5.26 Å². The van der Waals surface area contributed by atoms with Gasteiger partial charge in [-0.2, -0.15) is 18.4 Å². The van der Waals surface area contributed by atoms with Crippen LogP contribution in [0.4, 0.5) is 18.9 Å². The Morgan fingerprint density at radius 1 is 1.38 bits per heavy atom. The Hall–Kier alpha value is -2.56. The molecule has 5 nitrogen and oxygen atoms in total. The molecule has 21 heavy (non-hydrogen) atoms. The molecule has 1 N–H and O–H groups in total. The summed E-state index contributed by atoms with van der Waals surface area (Å²) in [6, 6.07) is 3.63. The molecule has 0 saturated carbocycles. The van der Waals surface area contributed by atoms with E-state index < -0.39 is 35.2 Å². The Kier molecular flexibility index (Phi) is 3.60. The Balaban J connectivity index is 2.29. The van der Waals surface area contributed by atoms with E-state index in [1.807, 2.05) is 0 Å². The molecule has 1 aromatic rings. The van der Waals surface area contributed by atoms with Crippen molar-refractivity contribution in [2.75, 3.05) is 12.4 Å². The molecule has 1 aliphatic rings. The highest BCUT2D eigenvalue weighted by Crippen LogP contribution is 2.34. The fraction of sp³-hybridized carbons (Fsp3) is 0.308. The van der Waals surface area contributed by atoms with Crippen LogP contribution >= 0.6 is 0 Å². The van der Waals surface area contributed by atoms with Gasteiger partial charge in [-0.05, 0) is 18.2 Å². The normalized spacial score (nSPS) is 18.8. The van der Waals surface area contributed by atoms with E-state index in [0.29, 0.717) is 0 Å². The Morgan fingerprint density at radius 2 is 2.05 bits per heavy atom. The van der Waals surface area contributed by atoms with E-state index in [4.69, 9.17) is 5.26 Å². The third-order valence-corrected chi connectivity index (χ3v) is 3.17. The quantitative estimate of drug-likeness (QED) is 0.844. The van der Waals surface area contributed by atoms with Crippen LogP contribution < -0.4 is 5.32 Å². The van der Waals surface area contributed by atoms with E-state index in [2.05, 4.69) is 5.32 Å². The van der Waals surface area contributed by atoms with Gasteiger partial charge in [-0.1, -0.05) is 0 Å². The molecule has 2 rings (SSSR count). The van der Waals surface area contributed by atoms with Crippen molar-refractivity contribution in [1.82, 2.24) is 4.90 Å². The number of likely N-dealkylation sites (N-methyl/N-ethyl adjacent to an activating group) is 1. The number of imide groups is 1. The Labute approximate surface area is 118 Å². The third kappa shape index (κ3) is 2.81. The summed E-state index contributed by atoms with van der Waals surface area (Å²) >= 11 is 0. The molecule has 0 bridgehead atoms. The standard InChI is InChI=1S/C13H10F3N3O2/c1-19-11(20)5-10(12(19)21)18-8-3-2-7(6-17)9(4-8)13(14,15)16/h2-4,10,18H,5H2,1H3. The molecule has 0 radical (unpaired) electrons. The van der Waals surface area contributed by atoms with Crippen molar-refractivity contribution in [3.63, 3.8) is 0 Å². The van der Waals surface area contributed by atoms with Gasteiger partial charge in [0, 0.05) is 12.7 Å². The minimum atomic E-state index is -4.67. The highest BCUT2D eigenvalue weighted by molar-refractivity contribution is 6.06. The van der Waals surface area contributed by atoms with Gasteiger partial charge in [-0.15, -0.1) is 0 Å². The summed E-state index contributed by atoms with van der Waals surface area (Å²) in [5, 5.41) is 11.3. The zero-order valence-electron chi connectivity index (χ0n) is 10.9. The average Bonchev–Trinajstić information content (AvgIpc) is 2.65. The number of carbonyl (C=O) groups excluding carboxylic acids is 2. The van der Waals surface area contributed by atoms with E-state index in [1.54, 1.807) is 0 Å². The Bertz CT molecular complexity index is 649. The average molecular weight is 297 g/mol. The molecule has 110 valence electrons. The van der Waals surface area contributed by atoms with Crippen molar-refractivity contribution < 1.29 is 22.8 Å². The molecule has 1 atom stereocenters. The zero-order chi connectivity index (χ0) is 15.8. The maximum Gasteiger partial charge on any atom is 0.417 e. The van der Waals surface area contributed by atoms with Gasteiger partial charge in [-0.3, -0.25) is 14.5 Å². The number of likely N-dealkylation sites (tertiary alicyclic amines) is 1. The fourth-order valence-electron chi connectivity index (χ4n) is 2.04. The molecule has 1 saturated heterocycles. The lowest BCUT2D eigenvalue weighted by Crippen LogP contribution is -2.31. The van der Waals surface area contributed by atoms with Gasteiger partial charge in [0.05, 0.1) is 23.6 Å². The summed E-state index contributed by atoms with van der Waals surface area (Å²) in [5.74, 6) is -0.903. The molecule has 2 amide bonds. The second kappa shape index (κ2) is 5.09. The summed E-state index contributed by atoms with van der Waals surface area (Å²) in [6.07, 6.45) is -4.79. The summed E-state index contributed by atoms with van der Waals surface area (Å²) in [6.45, 7) is 0. The number of nitrogens with one attached hydrogen (secondary N) is 1. The number of amides is 2. The number of hydrogen-bond donors (Lipinski definition) is 1. The van der Waals surface area contributed by atoms with Crippen molar-refractivity contribution in [3.05, 3.63) is 29.3 Å². The van der Waals surface area contributed by atoms with E-state index >= 15 is 0 Å². The second-order valence-electron chi connectivity index (χ2n) is 4.56. The molecular weight excluding hydrogens is 287 g/mol. The number of carbonyl (C=O) groups is 2. The van der Waals surface area contributed by atoms with Crippen LogP contribution in [0.1, 0.15) is 17.5 Å². The monoisotopic (exact) mass is 297 g/mol. The lowest BCUT2D eigenvalue weighted by atomic mass is 10.1. The smallest absolute Gasteiger partial charge is 0.373 e. The van der Waals surface area contributed by atoms with Gasteiger partial charge in [0.15, 0.2) is 0 Å². The number of rotatable bonds is 2. The molecule has 0 spiro atoms. The molecule has 8 heteroatoms. The first-order valence-corrected chi connectivity index (χ1v) is 5.92. The fourth-order valence-corrected chi connectivity index (χ4v) is 2.04. The minimum absolute atomic E-state index is 0.0303. The predicted octanol–water partition coefficient (Wildman–Crippen LogP) is 1.75. The number of nitrogens with zero attached hydrogens (tertiary/aromatic N) is 2. The lowest BCUT2D eigenvalue weighted by Gasteiger charge is -2.15. The maximum atomic E-state index is 12.8. The Morgan fingerprint density at radius 3 is 2.52 bits per heavy atom.